The smallest absolute Gasteiger partial charge is 0.0503 e. The summed E-state index contributed by atoms with van der Waals surface area (Å²) in [4.78, 5) is 0. The quantitative estimate of drug-likeness (QED) is 0.771. The normalized spacial score (nSPS) is 22.5. The van der Waals surface area contributed by atoms with Gasteiger partial charge in [-0.25, -0.2) is 0 Å². The highest BCUT2D eigenvalue weighted by molar-refractivity contribution is 5.52. The van der Waals surface area contributed by atoms with Gasteiger partial charge in [0.15, 0.2) is 0 Å². The van der Waals surface area contributed by atoms with Crippen molar-refractivity contribution in [2.75, 3.05) is 19.0 Å². The summed E-state index contributed by atoms with van der Waals surface area (Å²) < 4.78 is 5.22. The zero-order chi connectivity index (χ0) is 15.1. The first-order valence-electron chi connectivity index (χ1n) is 8.52. The predicted octanol–water partition coefficient (Wildman–Crippen LogP) is 4.89. The van der Waals surface area contributed by atoms with E-state index < -0.39 is 0 Å². The maximum atomic E-state index is 5.22. The third-order valence-electron chi connectivity index (χ3n) is 4.54. The molecule has 0 aromatic heterocycles. The third kappa shape index (κ3) is 5.35. The molecule has 1 aromatic rings. The van der Waals surface area contributed by atoms with Crippen LogP contribution in [0.2, 0.25) is 0 Å². The van der Waals surface area contributed by atoms with Gasteiger partial charge < -0.3 is 10.1 Å². The van der Waals surface area contributed by atoms with E-state index in [1.54, 1.807) is 7.11 Å². The second-order valence-corrected chi connectivity index (χ2v) is 6.90. The van der Waals surface area contributed by atoms with Crippen molar-refractivity contribution in [3.63, 3.8) is 0 Å². The van der Waals surface area contributed by atoms with Crippen LogP contribution in [0.3, 0.4) is 0 Å². The maximum Gasteiger partial charge on any atom is 0.0503 e. The average Bonchev–Trinajstić information content (AvgIpc) is 2.46. The van der Waals surface area contributed by atoms with E-state index >= 15 is 0 Å². The number of anilines is 1. The third-order valence-corrected chi connectivity index (χ3v) is 4.54. The lowest BCUT2D eigenvalue weighted by Gasteiger charge is -2.32. The highest BCUT2D eigenvalue weighted by Crippen LogP contribution is 2.31. The van der Waals surface area contributed by atoms with Gasteiger partial charge in [0.25, 0.3) is 0 Å². The molecular formula is C19H31NO. The minimum absolute atomic E-state index is 0.645. The molecule has 2 rings (SSSR count). The van der Waals surface area contributed by atoms with E-state index in [-0.39, 0.29) is 0 Å². The summed E-state index contributed by atoms with van der Waals surface area (Å²) in [5.74, 6) is 1.73. The van der Waals surface area contributed by atoms with E-state index in [1.807, 2.05) is 0 Å². The van der Waals surface area contributed by atoms with Gasteiger partial charge in [-0.1, -0.05) is 44.9 Å². The van der Waals surface area contributed by atoms with Crippen LogP contribution in [-0.2, 0) is 11.2 Å². The van der Waals surface area contributed by atoms with E-state index in [2.05, 4.69) is 43.4 Å². The van der Waals surface area contributed by atoms with Crippen molar-refractivity contribution in [1.82, 2.24) is 0 Å². The Morgan fingerprint density at radius 1 is 1.24 bits per heavy atom. The highest BCUT2D eigenvalue weighted by Gasteiger charge is 2.22. The summed E-state index contributed by atoms with van der Waals surface area (Å²) in [6, 6.07) is 9.34. The molecule has 0 bridgehead atoms. The number of para-hydroxylation sites is 1. The van der Waals surface area contributed by atoms with Gasteiger partial charge in [0, 0.05) is 18.8 Å². The summed E-state index contributed by atoms with van der Waals surface area (Å²) in [6.45, 7) is 5.48. The predicted molar refractivity (Wildman–Crippen MR) is 90.8 cm³/mol. The molecule has 2 atom stereocenters. The van der Waals surface area contributed by atoms with E-state index in [0.29, 0.717) is 6.04 Å². The fraction of sp³-hybridized carbons (Fsp3) is 0.684. The molecule has 0 heterocycles. The largest absolute Gasteiger partial charge is 0.384 e. The minimum Gasteiger partial charge on any atom is -0.384 e. The molecule has 0 aliphatic heterocycles. The number of hydrogen-bond donors (Lipinski definition) is 1. The summed E-state index contributed by atoms with van der Waals surface area (Å²) in [5.41, 5.74) is 2.69. The SMILES string of the molecule is COCCc1ccccc1NC1CCCC(CC(C)C)C1. The molecule has 1 fully saturated rings. The highest BCUT2D eigenvalue weighted by atomic mass is 16.5. The van der Waals surface area contributed by atoms with Crippen LogP contribution in [0, 0.1) is 11.8 Å². The molecule has 1 aliphatic carbocycles. The van der Waals surface area contributed by atoms with Crippen LogP contribution in [0.5, 0.6) is 0 Å². The van der Waals surface area contributed by atoms with Gasteiger partial charge in [-0.2, -0.15) is 0 Å². The number of rotatable bonds is 7. The molecule has 21 heavy (non-hydrogen) atoms. The summed E-state index contributed by atoms with van der Waals surface area (Å²) in [6.07, 6.45) is 7.80. The standard InChI is InChI=1S/C19H31NO/c1-15(2)13-16-7-6-9-18(14-16)20-19-10-5-4-8-17(19)11-12-21-3/h4-5,8,10,15-16,18,20H,6-7,9,11-14H2,1-3H3. The van der Waals surface area contributed by atoms with E-state index in [1.165, 1.54) is 43.4 Å². The van der Waals surface area contributed by atoms with Gasteiger partial charge in [0.1, 0.15) is 0 Å². The van der Waals surface area contributed by atoms with Crippen molar-refractivity contribution >= 4 is 5.69 Å². The molecule has 1 saturated carbocycles. The van der Waals surface area contributed by atoms with Gasteiger partial charge in [0.2, 0.25) is 0 Å². The Morgan fingerprint density at radius 3 is 2.81 bits per heavy atom. The number of methoxy groups -OCH3 is 1. The minimum atomic E-state index is 0.645. The van der Waals surface area contributed by atoms with Crippen molar-refractivity contribution in [1.29, 1.82) is 0 Å². The van der Waals surface area contributed by atoms with Crippen LogP contribution < -0.4 is 5.32 Å². The fourth-order valence-corrected chi connectivity index (χ4v) is 3.61. The second-order valence-electron chi connectivity index (χ2n) is 6.90. The van der Waals surface area contributed by atoms with E-state index in [0.717, 1.165) is 24.9 Å². The van der Waals surface area contributed by atoms with Crippen LogP contribution in [-0.4, -0.2) is 19.8 Å². The van der Waals surface area contributed by atoms with E-state index in [9.17, 15) is 0 Å². The monoisotopic (exact) mass is 289 g/mol. The molecule has 118 valence electrons. The first-order valence-corrected chi connectivity index (χ1v) is 8.52. The molecule has 2 unspecified atom stereocenters. The maximum absolute atomic E-state index is 5.22. The van der Waals surface area contributed by atoms with Gasteiger partial charge in [0.05, 0.1) is 6.61 Å². The molecule has 0 saturated heterocycles. The molecule has 0 spiro atoms. The molecule has 1 N–H and O–H groups in total. The Labute approximate surface area is 130 Å². The number of nitrogens with one attached hydrogen (secondary N) is 1. The molecule has 1 aliphatic rings. The van der Waals surface area contributed by atoms with Crippen molar-refractivity contribution in [3.05, 3.63) is 29.8 Å². The number of ether oxygens (including phenoxy) is 1. The summed E-state index contributed by atoms with van der Waals surface area (Å²) >= 11 is 0. The van der Waals surface area contributed by atoms with Crippen molar-refractivity contribution in [2.24, 2.45) is 11.8 Å². The topological polar surface area (TPSA) is 21.3 Å². The molecule has 1 aromatic carbocycles. The second kappa shape index (κ2) is 8.43. The Bertz CT molecular complexity index is 416. The number of hydrogen-bond acceptors (Lipinski definition) is 2. The van der Waals surface area contributed by atoms with Gasteiger partial charge in [-0.15, -0.1) is 0 Å². The lowest BCUT2D eigenvalue weighted by atomic mass is 9.81. The van der Waals surface area contributed by atoms with Crippen LogP contribution in [0.15, 0.2) is 24.3 Å². The van der Waals surface area contributed by atoms with Crippen molar-refractivity contribution < 1.29 is 4.74 Å². The molecule has 2 heteroatoms. The Kier molecular flexibility index (Phi) is 6.56. The molecular weight excluding hydrogens is 258 g/mol. The Balaban J connectivity index is 1.94. The van der Waals surface area contributed by atoms with Crippen LogP contribution in [0.25, 0.3) is 0 Å². The van der Waals surface area contributed by atoms with Gasteiger partial charge in [-0.3, -0.25) is 0 Å². The number of benzene rings is 1. The molecule has 0 amide bonds. The zero-order valence-electron chi connectivity index (χ0n) is 13.9. The van der Waals surface area contributed by atoms with Gasteiger partial charge >= 0.3 is 0 Å². The Morgan fingerprint density at radius 2 is 2.05 bits per heavy atom. The summed E-state index contributed by atoms with van der Waals surface area (Å²) in [7, 11) is 1.77. The van der Waals surface area contributed by atoms with Crippen molar-refractivity contribution in [2.45, 2.75) is 58.4 Å². The first-order chi connectivity index (χ1) is 10.2. The van der Waals surface area contributed by atoms with Crippen LogP contribution in [0.4, 0.5) is 5.69 Å². The average molecular weight is 289 g/mol. The fourth-order valence-electron chi connectivity index (χ4n) is 3.61. The first kappa shape index (κ1) is 16.4. The van der Waals surface area contributed by atoms with Crippen molar-refractivity contribution in [3.8, 4) is 0 Å². The molecule has 2 nitrogen and oxygen atoms in total. The lowest BCUT2D eigenvalue weighted by molar-refractivity contribution is 0.202. The van der Waals surface area contributed by atoms with Gasteiger partial charge in [-0.05, 0) is 49.1 Å². The molecule has 0 radical (unpaired) electrons. The van der Waals surface area contributed by atoms with E-state index in [4.69, 9.17) is 4.74 Å². The van der Waals surface area contributed by atoms with Crippen LogP contribution >= 0.6 is 0 Å². The summed E-state index contributed by atoms with van der Waals surface area (Å²) in [5, 5.41) is 3.81. The zero-order valence-corrected chi connectivity index (χ0v) is 13.9. The van der Waals surface area contributed by atoms with Crippen LogP contribution in [0.1, 0.15) is 51.5 Å². The Hall–Kier alpha value is -1.02. The lowest BCUT2D eigenvalue weighted by Crippen LogP contribution is -2.28.